The lowest BCUT2D eigenvalue weighted by Gasteiger charge is -2.61. The van der Waals surface area contributed by atoms with E-state index in [1.807, 2.05) is 0 Å². The molecule has 2 saturated heterocycles. The monoisotopic (exact) mass is 459 g/mol. The number of hydrogen-bond acceptors (Lipinski definition) is 2. The molecule has 1 aromatic rings. The minimum absolute atomic E-state index is 0.150. The minimum atomic E-state index is -4.53. The van der Waals surface area contributed by atoms with Crippen LogP contribution in [0.3, 0.4) is 0 Å². The van der Waals surface area contributed by atoms with Crippen molar-refractivity contribution in [2.75, 3.05) is 5.32 Å². The molecule has 3 unspecified atom stereocenters. The fourth-order valence-electron chi connectivity index (χ4n) is 8.73. The fourth-order valence-corrected chi connectivity index (χ4v) is 8.73. The number of rotatable bonds is 2. The van der Waals surface area contributed by atoms with Crippen molar-refractivity contribution < 1.29 is 22.7 Å². The molecule has 8 bridgehead atoms. The van der Waals surface area contributed by atoms with Crippen LogP contribution in [-0.4, -0.2) is 17.6 Å². The third-order valence-electron chi connectivity index (χ3n) is 10.4. The Balaban J connectivity index is 1.45. The summed E-state index contributed by atoms with van der Waals surface area (Å²) in [6.07, 6.45) is 5.25. The van der Waals surface area contributed by atoms with Gasteiger partial charge in [-0.05, 0) is 86.7 Å². The minimum Gasteiger partial charge on any atom is -0.357 e. The molecule has 33 heavy (non-hydrogen) atoms. The van der Waals surface area contributed by atoms with Crippen molar-refractivity contribution in [1.82, 2.24) is 0 Å². The van der Waals surface area contributed by atoms with Gasteiger partial charge in [-0.15, -0.1) is 0 Å². The number of anilines is 1. The Morgan fingerprint density at radius 3 is 2.58 bits per heavy atom. The van der Waals surface area contributed by atoms with Gasteiger partial charge in [0.1, 0.15) is 0 Å². The van der Waals surface area contributed by atoms with Crippen LogP contribution in [-0.2, 0) is 15.7 Å². The smallest absolute Gasteiger partial charge is 0.357 e. The number of fused-ring (bicyclic) bond motifs is 1. The Morgan fingerprint density at radius 1 is 1.03 bits per heavy atom. The van der Waals surface area contributed by atoms with Crippen molar-refractivity contribution in [3.8, 4) is 0 Å². The highest BCUT2D eigenvalue weighted by molar-refractivity contribution is 5.99. The van der Waals surface area contributed by atoms with Crippen LogP contribution in [0.5, 0.6) is 0 Å². The van der Waals surface area contributed by atoms with E-state index in [1.165, 1.54) is 23.8 Å². The summed E-state index contributed by atoms with van der Waals surface area (Å²) in [5, 5.41) is 2.70. The number of amides is 1. The Hall–Kier alpha value is -1.82. The largest absolute Gasteiger partial charge is 0.418 e. The number of halogens is 3. The average molecular weight is 460 g/mol. The molecular weight excluding hydrogens is 427 g/mol. The van der Waals surface area contributed by atoms with Gasteiger partial charge in [-0.2, -0.15) is 13.2 Å². The molecule has 1 aromatic carbocycles. The van der Waals surface area contributed by atoms with E-state index in [-0.39, 0.29) is 22.6 Å². The molecule has 3 saturated carbocycles. The standard InChI is InChI=1S/C27H32F3NO2/c1-24-12-9-17-15-16(24)7-8-18-19(24)10-13-25(2)20(18)11-14-26(25,33-17)23(32)31-22-6-4-3-5-21(22)27(28,29)30/h3-6,15,17-20H,7-14H2,1-2H3,(H,31,32)/t17?,18-,19?,20-,24+,25+,26?/m1/s1. The van der Waals surface area contributed by atoms with Gasteiger partial charge in [-0.3, -0.25) is 4.79 Å². The first-order chi connectivity index (χ1) is 15.6. The summed E-state index contributed by atoms with van der Waals surface area (Å²) in [5.74, 6) is 1.17. The number of alkyl halides is 3. The van der Waals surface area contributed by atoms with Crippen LogP contribution in [0.15, 0.2) is 35.9 Å². The molecule has 0 spiro atoms. The van der Waals surface area contributed by atoms with E-state index in [4.69, 9.17) is 4.74 Å². The Kier molecular flexibility index (Phi) is 4.51. The van der Waals surface area contributed by atoms with Gasteiger partial charge >= 0.3 is 6.18 Å². The molecule has 8 aliphatic rings. The highest BCUT2D eigenvalue weighted by Gasteiger charge is 2.69. The Bertz CT molecular complexity index is 1030. The van der Waals surface area contributed by atoms with Crippen molar-refractivity contribution in [2.45, 2.75) is 83.1 Å². The molecule has 0 aromatic heterocycles. The second-order valence-electron chi connectivity index (χ2n) is 11.5. The molecule has 4 heterocycles. The zero-order valence-corrected chi connectivity index (χ0v) is 19.3. The molecule has 0 radical (unpaired) electrons. The summed E-state index contributed by atoms with van der Waals surface area (Å²) < 4.78 is 47.7. The first-order valence-corrected chi connectivity index (χ1v) is 12.5. The van der Waals surface area contributed by atoms with Gasteiger partial charge in [0.2, 0.25) is 0 Å². The maximum absolute atomic E-state index is 14.0. The second-order valence-corrected chi connectivity index (χ2v) is 11.5. The van der Waals surface area contributed by atoms with E-state index < -0.39 is 23.2 Å². The fraction of sp³-hybridized carbons (Fsp3) is 0.667. The van der Waals surface area contributed by atoms with Crippen LogP contribution < -0.4 is 5.32 Å². The van der Waals surface area contributed by atoms with Gasteiger partial charge in [-0.1, -0.05) is 37.6 Å². The van der Waals surface area contributed by atoms with Gasteiger partial charge in [0.25, 0.3) is 5.91 Å². The van der Waals surface area contributed by atoms with E-state index in [1.54, 1.807) is 0 Å². The molecule has 1 N–H and O–H groups in total. The quantitative estimate of drug-likeness (QED) is 0.497. The van der Waals surface area contributed by atoms with Gasteiger partial charge < -0.3 is 10.1 Å². The van der Waals surface area contributed by atoms with Crippen molar-refractivity contribution in [2.24, 2.45) is 28.6 Å². The van der Waals surface area contributed by atoms with Crippen molar-refractivity contribution in [3.63, 3.8) is 0 Å². The number of allylic oxidation sites excluding steroid dienone is 1. The molecule has 4 aliphatic carbocycles. The number of nitrogens with one attached hydrogen (secondary N) is 1. The van der Waals surface area contributed by atoms with E-state index in [0.717, 1.165) is 51.0 Å². The van der Waals surface area contributed by atoms with Crippen LogP contribution in [0.2, 0.25) is 0 Å². The topological polar surface area (TPSA) is 38.3 Å². The summed E-state index contributed by atoms with van der Waals surface area (Å²) in [7, 11) is 0. The molecule has 178 valence electrons. The number of benzene rings is 1. The Labute approximate surface area is 193 Å². The first-order valence-electron chi connectivity index (χ1n) is 12.5. The van der Waals surface area contributed by atoms with E-state index in [0.29, 0.717) is 24.2 Å². The van der Waals surface area contributed by atoms with Crippen LogP contribution in [0.25, 0.3) is 0 Å². The summed E-state index contributed by atoms with van der Waals surface area (Å²) in [5.41, 5.74) is -0.739. The van der Waals surface area contributed by atoms with Crippen LogP contribution in [0.1, 0.15) is 70.8 Å². The van der Waals surface area contributed by atoms with E-state index >= 15 is 0 Å². The maximum atomic E-state index is 14.0. The molecule has 9 rings (SSSR count). The second kappa shape index (κ2) is 6.87. The number of carbonyl (C=O) groups is 1. The number of carbonyl (C=O) groups excluding carboxylic acids is 1. The summed E-state index contributed by atoms with van der Waals surface area (Å²) in [6, 6.07) is 5.26. The molecule has 3 nitrogen and oxygen atoms in total. The summed E-state index contributed by atoms with van der Waals surface area (Å²) in [4.78, 5) is 14.0. The predicted molar refractivity (Wildman–Crippen MR) is 119 cm³/mol. The van der Waals surface area contributed by atoms with Gasteiger partial charge in [0.15, 0.2) is 5.60 Å². The summed E-state index contributed by atoms with van der Waals surface area (Å²) >= 11 is 0. The molecule has 6 heteroatoms. The lowest BCUT2D eigenvalue weighted by atomic mass is 9.46. The maximum Gasteiger partial charge on any atom is 0.418 e. The summed E-state index contributed by atoms with van der Waals surface area (Å²) in [6.45, 7) is 4.63. The van der Waals surface area contributed by atoms with Crippen LogP contribution in [0, 0.1) is 28.6 Å². The Morgan fingerprint density at radius 2 is 1.79 bits per heavy atom. The van der Waals surface area contributed by atoms with Crippen molar-refractivity contribution in [1.29, 1.82) is 0 Å². The normalized spacial score (nSPS) is 43.5. The predicted octanol–water partition coefficient (Wildman–Crippen LogP) is 6.74. The van der Waals surface area contributed by atoms with Crippen molar-refractivity contribution >= 4 is 11.6 Å². The average Bonchev–Trinajstić information content (AvgIpc) is 3.04. The van der Waals surface area contributed by atoms with Crippen molar-refractivity contribution in [3.05, 3.63) is 41.5 Å². The molecule has 7 atom stereocenters. The number of para-hydroxylation sites is 1. The highest BCUT2D eigenvalue weighted by atomic mass is 19.4. The van der Waals surface area contributed by atoms with E-state index in [2.05, 4.69) is 25.2 Å². The zero-order valence-electron chi connectivity index (χ0n) is 19.3. The third kappa shape index (κ3) is 2.82. The number of ether oxygens (including phenoxy) is 1. The van der Waals surface area contributed by atoms with Gasteiger partial charge in [0.05, 0.1) is 17.4 Å². The van der Waals surface area contributed by atoms with E-state index in [9.17, 15) is 18.0 Å². The molecule has 4 aliphatic heterocycles. The highest BCUT2D eigenvalue weighted by Crippen LogP contribution is 2.70. The first kappa shape index (κ1) is 21.7. The van der Waals surface area contributed by atoms with Gasteiger partial charge in [0, 0.05) is 5.41 Å². The van der Waals surface area contributed by atoms with Crippen LogP contribution in [0.4, 0.5) is 18.9 Å². The molecular formula is C27H32F3NO2. The van der Waals surface area contributed by atoms with Gasteiger partial charge in [-0.25, -0.2) is 0 Å². The van der Waals surface area contributed by atoms with Crippen LogP contribution >= 0.6 is 0 Å². The molecule has 5 fully saturated rings. The lowest BCUT2D eigenvalue weighted by Crippen LogP contribution is -2.62. The SMILES string of the molecule is C[C@]12CCC3C=C1CC[C@@H]1C2CC[C@@]2(C)[C@@H]1CCC2(C(=O)Nc1ccccc1C(F)(F)F)O3. The third-order valence-corrected chi connectivity index (χ3v) is 10.4. The lowest BCUT2D eigenvalue weighted by molar-refractivity contribution is -0.194. The zero-order chi connectivity index (χ0) is 23.2. The molecule has 1 amide bonds. The number of hydrogen-bond donors (Lipinski definition) is 1.